The van der Waals surface area contributed by atoms with Gasteiger partial charge in [0.15, 0.2) is 0 Å². The van der Waals surface area contributed by atoms with Crippen LogP contribution in [0.3, 0.4) is 0 Å². The van der Waals surface area contributed by atoms with Gasteiger partial charge in [0, 0.05) is 37.2 Å². The molecular formula is C14H22N4O2. The number of urea groups is 1. The van der Waals surface area contributed by atoms with Gasteiger partial charge in [0.2, 0.25) is 0 Å². The predicted octanol–water partition coefficient (Wildman–Crippen LogP) is 1.23. The summed E-state index contributed by atoms with van der Waals surface area (Å²) in [6, 6.07) is 3.45. The third kappa shape index (κ3) is 5.14. The van der Waals surface area contributed by atoms with Gasteiger partial charge in [0.05, 0.1) is 13.2 Å². The third-order valence-electron chi connectivity index (χ3n) is 3.19. The van der Waals surface area contributed by atoms with Crippen molar-refractivity contribution in [3.63, 3.8) is 0 Å². The SMILES string of the molecule is Cc1cc(NC(=O)NCCCN2CCOCC2)ccn1. The van der Waals surface area contributed by atoms with E-state index in [9.17, 15) is 4.79 Å². The summed E-state index contributed by atoms with van der Waals surface area (Å²) in [6.45, 7) is 7.17. The number of nitrogens with zero attached hydrogens (tertiary/aromatic N) is 2. The van der Waals surface area contributed by atoms with Gasteiger partial charge in [-0.2, -0.15) is 0 Å². The number of morpholine rings is 1. The van der Waals surface area contributed by atoms with Crippen molar-refractivity contribution in [2.75, 3.05) is 44.7 Å². The highest BCUT2D eigenvalue weighted by atomic mass is 16.5. The van der Waals surface area contributed by atoms with Gasteiger partial charge in [0.25, 0.3) is 0 Å². The van der Waals surface area contributed by atoms with E-state index in [1.165, 1.54) is 0 Å². The molecule has 1 aromatic rings. The molecule has 2 rings (SSSR count). The van der Waals surface area contributed by atoms with Crippen molar-refractivity contribution in [1.29, 1.82) is 0 Å². The molecular weight excluding hydrogens is 256 g/mol. The largest absolute Gasteiger partial charge is 0.379 e. The smallest absolute Gasteiger partial charge is 0.319 e. The zero-order valence-electron chi connectivity index (χ0n) is 11.9. The molecule has 0 aromatic carbocycles. The minimum absolute atomic E-state index is 0.169. The molecule has 0 aliphatic carbocycles. The van der Waals surface area contributed by atoms with Gasteiger partial charge < -0.3 is 15.4 Å². The van der Waals surface area contributed by atoms with Crippen LogP contribution in [0.5, 0.6) is 0 Å². The number of nitrogens with one attached hydrogen (secondary N) is 2. The van der Waals surface area contributed by atoms with Crippen molar-refractivity contribution < 1.29 is 9.53 Å². The lowest BCUT2D eigenvalue weighted by atomic mass is 10.3. The Hall–Kier alpha value is -1.66. The van der Waals surface area contributed by atoms with Crippen molar-refractivity contribution in [3.8, 4) is 0 Å². The second-order valence-electron chi connectivity index (χ2n) is 4.87. The molecule has 6 heteroatoms. The standard InChI is InChI=1S/C14H22N4O2/c1-12-11-13(3-5-15-12)17-14(19)16-4-2-6-18-7-9-20-10-8-18/h3,5,11H,2,4,6-10H2,1H3,(H2,15,16,17,19). The van der Waals surface area contributed by atoms with Gasteiger partial charge in [-0.15, -0.1) is 0 Å². The first-order valence-corrected chi connectivity index (χ1v) is 7.01. The van der Waals surface area contributed by atoms with Crippen LogP contribution in [0, 0.1) is 6.92 Å². The molecule has 2 N–H and O–H groups in total. The van der Waals surface area contributed by atoms with Crippen molar-refractivity contribution >= 4 is 11.7 Å². The number of aromatic nitrogens is 1. The van der Waals surface area contributed by atoms with E-state index < -0.39 is 0 Å². The molecule has 0 saturated carbocycles. The normalized spacial score (nSPS) is 15.8. The first-order chi connectivity index (χ1) is 9.74. The molecule has 0 atom stereocenters. The average molecular weight is 278 g/mol. The van der Waals surface area contributed by atoms with Gasteiger partial charge >= 0.3 is 6.03 Å². The molecule has 1 aliphatic rings. The van der Waals surface area contributed by atoms with Crippen LogP contribution in [-0.4, -0.2) is 55.3 Å². The average Bonchev–Trinajstić information content (AvgIpc) is 2.45. The van der Waals surface area contributed by atoms with Crippen LogP contribution in [0.4, 0.5) is 10.5 Å². The van der Waals surface area contributed by atoms with Gasteiger partial charge in [-0.05, 0) is 32.0 Å². The molecule has 1 aliphatic heterocycles. The van der Waals surface area contributed by atoms with E-state index in [1.54, 1.807) is 12.3 Å². The number of carbonyl (C=O) groups is 1. The lowest BCUT2D eigenvalue weighted by Crippen LogP contribution is -2.38. The van der Waals surface area contributed by atoms with Crippen molar-refractivity contribution in [1.82, 2.24) is 15.2 Å². The summed E-state index contributed by atoms with van der Waals surface area (Å²) < 4.78 is 5.29. The maximum atomic E-state index is 11.7. The number of ether oxygens (including phenoxy) is 1. The lowest BCUT2D eigenvalue weighted by molar-refractivity contribution is 0.0375. The lowest BCUT2D eigenvalue weighted by Gasteiger charge is -2.26. The fourth-order valence-electron chi connectivity index (χ4n) is 2.13. The summed E-state index contributed by atoms with van der Waals surface area (Å²) in [5.74, 6) is 0. The molecule has 0 spiro atoms. The van der Waals surface area contributed by atoms with Gasteiger partial charge in [-0.1, -0.05) is 0 Å². The Morgan fingerprint density at radius 3 is 3.00 bits per heavy atom. The van der Waals surface area contributed by atoms with Crippen molar-refractivity contribution in [2.24, 2.45) is 0 Å². The summed E-state index contributed by atoms with van der Waals surface area (Å²) in [6.07, 6.45) is 2.63. The van der Waals surface area contributed by atoms with Crippen LogP contribution in [-0.2, 0) is 4.74 Å². The molecule has 110 valence electrons. The Morgan fingerprint density at radius 1 is 1.45 bits per heavy atom. The molecule has 1 saturated heterocycles. The molecule has 2 heterocycles. The van der Waals surface area contributed by atoms with E-state index in [1.807, 2.05) is 13.0 Å². The van der Waals surface area contributed by atoms with E-state index in [2.05, 4.69) is 20.5 Å². The first-order valence-electron chi connectivity index (χ1n) is 7.01. The predicted molar refractivity (Wildman–Crippen MR) is 77.9 cm³/mol. The highest BCUT2D eigenvalue weighted by Gasteiger charge is 2.09. The number of pyridine rings is 1. The number of rotatable bonds is 5. The maximum Gasteiger partial charge on any atom is 0.319 e. The van der Waals surface area contributed by atoms with Crippen LogP contribution < -0.4 is 10.6 Å². The van der Waals surface area contributed by atoms with Crippen LogP contribution >= 0.6 is 0 Å². The highest BCUT2D eigenvalue weighted by molar-refractivity contribution is 5.89. The number of hydrogen-bond acceptors (Lipinski definition) is 4. The number of amides is 2. The topological polar surface area (TPSA) is 66.5 Å². The minimum atomic E-state index is -0.169. The fraction of sp³-hybridized carbons (Fsp3) is 0.571. The van der Waals surface area contributed by atoms with E-state index in [0.717, 1.165) is 50.7 Å². The van der Waals surface area contributed by atoms with Gasteiger partial charge in [-0.25, -0.2) is 4.79 Å². The molecule has 2 amide bonds. The highest BCUT2D eigenvalue weighted by Crippen LogP contribution is 2.06. The summed E-state index contributed by atoms with van der Waals surface area (Å²) in [5.41, 5.74) is 1.65. The number of aryl methyl sites for hydroxylation is 1. The summed E-state index contributed by atoms with van der Waals surface area (Å²) in [5, 5.41) is 5.66. The molecule has 0 bridgehead atoms. The van der Waals surface area contributed by atoms with E-state index in [-0.39, 0.29) is 6.03 Å². The number of hydrogen-bond donors (Lipinski definition) is 2. The van der Waals surface area contributed by atoms with E-state index in [4.69, 9.17) is 4.74 Å². The Morgan fingerprint density at radius 2 is 2.25 bits per heavy atom. The summed E-state index contributed by atoms with van der Waals surface area (Å²) in [7, 11) is 0. The molecule has 0 radical (unpaired) electrons. The molecule has 1 aromatic heterocycles. The summed E-state index contributed by atoms with van der Waals surface area (Å²) >= 11 is 0. The number of anilines is 1. The van der Waals surface area contributed by atoms with Crippen LogP contribution in [0.2, 0.25) is 0 Å². The molecule has 6 nitrogen and oxygen atoms in total. The third-order valence-corrected chi connectivity index (χ3v) is 3.19. The van der Waals surface area contributed by atoms with E-state index in [0.29, 0.717) is 6.54 Å². The van der Waals surface area contributed by atoms with Crippen molar-refractivity contribution in [3.05, 3.63) is 24.0 Å². The minimum Gasteiger partial charge on any atom is -0.379 e. The van der Waals surface area contributed by atoms with Crippen LogP contribution in [0.1, 0.15) is 12.1 Å². The summed E-state index contributed by atoms with van der Waals surface area (Å²) in [4.78, 5) is 18.1. The molecule has 1 fully saturated rings. The quantitative estimate of drug-likeness (QED) is 0.795. The first kappa shape index (κ1) is 14.7. The Labute approximate surface area is 119 Å². The zero-order valence-corrected chi connectivity index (χ0v) is 11.9. The van der Waals surface area contributed by atoms with Crippen molar-refractivity contribution in [2.45, 2.75) is 13.3 Å². The van der Waals surface area contributed by atoms with Crippen LogP contribution in [0.15, 0.2) is 18.3 Å². The van der Waals surface area contributed by atoms with Gasteiger partial charge in [0.1, 0.15) is 0 Å². The zero-order chi connectivity index (χ0) is 14.2. The van der Waals surface area contributed by atoms with Crippen LogP contribution in [0.25, 0.3) is 0 Å². The fourth-order valence-corrected chi connectivity index (χ4v) is 2.13. The monoisotopic (exact) mass is 278 g/mol. The van der Waals surface area contributed by atoms with Gasteiger partial charge in [-0.3, -0.25) is 9.88 Å². The Bertz CT molecular complexity index is 433. The Balaban J connectivity index is 1.60. The maximum absolute atomic E-state index is 11.7. The second kappa shape index (κ2) is 7.81. The van der Waals surface area contributed by atoms with E-state index >= 15 is 0 Å². The molecule has 20 heavy (non-hydrogen) atoms. The molecule has 0 unspecified atom stereocenters. The Kier molecular flexibility index (Phi) is 5.76. The second-order valence-corrected chi connectivity index (χ2v) is 4.87. The number of carbonyl (C=O) groups excluding carboxylic acids is 1.